The molecule has 2 heterocycles. The maximum atomic E-state index is 6.71. The molecule has 4 N–H and O–H groups in total. The molecule has 0 bridgehead atoms. The van der Waals surface area contributed by atoms with Gasteiger partial charge < -0.3 is 25.8 Å². The highest BCUT2D eigenvalue weighted by Gasteiger charge is 2.37. The van der Waals surface area contributed by atoms with Crippen LogP contribution in [0.4, 0.5) is 11.5 Å². The fourth-order valence-electron chi connectivity index (χ4n) is 6.12. The minimum atomic E-state index is -0.168. The molecule has 0 atom stereocenters. The summed E-state index contributed by atoms with van der Waals surface area (Å²) < 4.78 is 12.3. The van der Waals surface area contributed by atoms with Gasteiger partial charge in [0.05, 0.1) is 17.5 Å². The van der Waals surface area contributed by atoms with Gasteiger partial charge in [0.2, 0.25) is 0 Å². The Hall–Kier alpha value is -2.38. The second kappa shape index (κ2) is 9.34. The van der Waals surface area contributed by atoms with E-state index in [1.807, 2.05) is 0 Å². The normalized spacial score (nSPS) is 24.2. The summed E-state index contributed by atoms with van der Waals surface area (Å²) >= 11 is 0. The van der Waals surface area contributed by atoms with E-state index in [4.69, 9.17) is 25.9 Å². The predicted molar refractivity (Wildman–Crippen MR) is 136 cm³/mol. The van der Waals surface area contributed by atoms with Crippen LogP contribution in [-0.2, 0) is 16.6 Å². The molecule has 2 fully saturated rings. The summed E-state index contributed by atoms with van der Waals surface area (Å²) in [5.74, 6) is 2.18. The lowest BCUT2D eigenvalue weighted by atomic mass is 9.71. The Morgan fingerprint density at radius 2 is 1.82 bits per heavy atom. The second-order valence-corrected chi connectivity index (χ2v) is 11.1. The molecule has 1 aromatic carbocycles. The smallest absolute Gasteiger partial charge is 0.143 e. The summed E-state index contributed by atoms with van der Waals surface area (Å²) in [4.78, 5) is 11.4. The second-order valence-electron chi connectivity index (χ2n) is 11.1. The average Bonchev–Trinajstić information content (AvgIpc) is 2.80. The van der Waals surface area contributed by atoms with Crippen molar-refractivity contribution in [2.45, 2.75) is 76.4 Å². The summed E-state index contributed by atoms with van der Waals surface area (Å²) in [5.41, 5.74) is 18.0. The molecule has 0 unspecified atom stereocenters. The van der Waals surface area contributed by atoms with Gasteiger partial charge in [-0.15, -0.1) is 0 Å². The van der Waals surface area contributed by atoms with E-state index in [0.29, 0.717) is 17.8 Å². The van der Waals surface area contributed by atoms with Crippen molar-refractivity contribution in [1.29, 1.82) is 0 Å². The Labute approximate surface area is 203 Å². The third-order valence-electron chi connectivity index (χ3n) is 7.94. The Morgan fingerprint density at radius 1 is 1.09 bits per heavy atom. The Kier molecular flexibility index (Phi) is 6.42. The van der Waals surface area contributed by atoms with Crippen LogP contribution in [-0.4, -0.2) is 48.9 Å². The third kappa shape index (κ3) is 4.48. The summed E-state index contributed by atoms with van der Waals surface area (Å²) in [6.45, 7) is 7.19. The van der Waals surface area contributed by atoms with Crippen molar-refractivity contribution in [3.8, 4) is 17.0 Å². The molecule has 0 radical (unpaired) electrons. The first-order valence-electron chi connectivity index (χ1n) is 12.8. The molecule has 7 nitrogen and oxygen atoms in total. The van der Waals surface area contributed by atoms with Crippen molar-refractivity contribution in [1.82, 2.24) is 9.97 Å². The number of hydrogen-bond donors (Lipinski definition) is 2. The van der Waals surface area contributed by atoms with Crippen molar-refractivity contribution in [2.75, 3.05) is 37.4 Å². The van der Waals surface area contributed by atoms with E-state index in [0.717, 1.165) is 87.3 Å². The van der Waals surface area contributed by atoms with Gasteiger partial charge >= 0.3 is 0 Å². The van der Waals surface area contributed by atoms with Crippen molar-refractivity contribution < 1.29 is 9.47 Å². The van der Waals surface area contributed by atoms with E-state index < -0.39 is 0 Å². The monoisotopic (exact) mass is 465 g/mol. The maximum Gasteiger partial charge on any atom is 0.143 e. The van der Waals surface area contributed by atoms with Crippen LogP contribution < -0.4 is 21.1 Å². The third-order valence-corrected chi connectivity index (χ3v) is 7.94. The highest BCUT2D eigenvalue weighted by Crippen LogP contribution is 2.49. The molecular formula is C27H39N5O2. The number of nitrogens with two attached hydrogens (primary N) is 2. The highest BCUT2D eigenvalue weighted by atomic mass is 16.5. The Morgan fingerprint density at radius 3 is 2.56 bits per heavy atom. The van der Waals surface area contributed by atoms with Crippen LogP contribution in [0.5, 0.6) is 5.75 Å². The molecule has 184 valence electrons. The summed E-state index contributed by atoms with van der Waals surface area (Å²) in [6, 6.07) is 4.62. The van der Waals surface area contributed by atoms with Crippen LogP contribution in [0.25, 0.3) is 11.3 Å². The van der Waals surface area contributed by atoms with Crippen molar-refractivity contribution in [3.63, 3.8) is 0 Å². The molecule has 1 aliphatic heterocycles. The van der Waals surface area contributed by atoms with Crippen LogP contribution in [0.3, 0.4) is 0 Å². The fraction of sp³-hybridized carbons (Fsp3) is 0.630. The van der Waals surface area contributed by atoms with Crippen LogP contribution in [0, 0.1) is 5.92 Å². The maximum absolute atomic E-state index is 6.71. The van der Waals surface area contributed by atoms with Gasteiger partial charge in [-0.25, -0.2) is 9.97 Å². The van der Waals surface area contributed by atoms with Gasteiger partial charge in [0.15, 0.2) is 0 Å². The number of aromatic nitrogens is 2. The standard InChI is InChI=1S/C27H39N5O2/c1-27(2)14-21-20(24-23(27)26(29)31-16-30-24)8-9-22(34-19-6-4-18(28)5-7-19)25(21)32(3)15-17-10-12-33-13-11-17/h8-9,16-19H,4-7,10-15,28H2,1-3H3,(H2,29,30,31)/t18-,19+. The van der Waals surface area contributed by atoms with Crippen molar-refractivity contribution in [3.05, 3.63) is 29.6 Å². The lowest BCUT2D eigenvalue weighted by Gasteiger charge is -2.38. The first-order chi connectivity index (χ1) is 16.3. The molecule has 7 heteroatoms. The Bertz CT molecular complexity index is 1030. The number of rotatable bonds is 5. The molecule has 5 rings (SSSR count). The van der Waals surface area contributed by atoms with Crippen LogP contribution in [0.2, 0.25) is 0 Å². The highest BCUT2D eigenvalue weighted by molar-refractivity contribution is 5.83. The van der Waals surface area contributed by atoms with Crippen molar-refractivity contribution >= 4 is 11.5 Å². The molecule has 3 aliphatic rings. The van der Waals surface area contributed by atoms with E-state index in [1.165, 1.54) is 11.3 Å². The van der Waals surface area contributed by atoms with Gasteiger partial charge in [-0.3, -0.25) is 0 Å². The quantitative estimate of drug-likeness (QED) is 0.686. The number of benzene rings is 1. The molecular weight excluding hydrogens is 426 g/mol. The molecule has 2 aromatic rings. The zero-order chi connectivity index (χ0) is 23.9. The topological polar surface area (TPSA) is 99.5 Å². The SMILES string of the molecule is CN(CC1CCOCC1)c1c(O[C@H]2CC[C@@H](N)CC2)ccc2c1CC(C)(C)c1c(N)ncnc1-2. The molecule has 1 saturated heterocycles. The molecule has 0 spiro atoms. The van der Waals surface area contributed by atoms with Crippen molar-refractivity contribution in [2.24, 2.45) is 11.7 Å². The van der Waals surface area contributed by atoms with Gasteiger partial charge in [0.1, 0.15) is 17.9 Å². The number of nitrogens with zero attached hydrogens (tertiary/aromatic N) is 3. The van der Waals surface area contributed by atoms with Crippen LogP contribution in [0.1, 0.15) is 63.5 Å². The molecule has 34 heavy (non-hydrogen) atoms. The minimum absolute atomic E-state index is 0.168. The van der Waals surface area contributed by atoms with E-state index in [-0.39, 0.29) is 11.5 Å². The minimum Gasteiger partial charge on any atom is -0.488 e. The zero-order valence-electron chi connectivity index (χ0n) is 20.8. The number of nitrogen functional groups attached to an aromatic ring is 1. The Balaban J connectivity index is 1.56. The first kappa shape index (κ1) is 23.4. The summed E-state index contributed by atoms with van der Waals surface area (Å²) in [5, 5.41) is 0. The number of hydrogen-bond acceptors (Lipinski definition) is 7. The largest absolute Gasteiger partial charge is 0.488 e. The predicted octanol–water partition coefficient (Wildman–Crippen LogP) is 4.07. The number of ether oxygens (including phenoxy) is 2. The van der Waals surface area contributed by atoms with Gasteiger partial charge in [0.25, 0.3) is 0 Å². The molecule has 1 aromatic heterocycles. The van der Waals surface area contributed by atoms with Gasteiger partial charge in [-0.2, -0.15) is 0 Å². The van der Waals surface area contributed by atoms with E-state index in [1.54, 1.807) is 6.33 Å². The fourth-order valence-corrected chi connectivity index (χ4v) is 6.12. The van der Waals surface area contributed by atoms with Gasteiger partial charge in [0, 0.05) is 44.0 Å². The van der Waals surface area contributed by atoms with Gasteiger partial charge in [-0.05, 0) is 74.0 Å². The number of anilines is 2. The van der Waals surface area contributed by atoms with E-state index >= 15 is 0 Å². The molecule has 1 saturated carbocycles. The summed E-state index contributed by atoms with van der Waals surface area (Å²) in [7, 11) is 2.21. The zero-order valence-corrected chi connectivity index (χ0v) is 20.8. The molecule has 0 amide bonds. The molecule has 2 aliphatic carbocycles. The lowest BCUT2D eigenvalue weighted by Crippen LogP contribution is -2.34. The lowest BCUT2D eigenvalue weighted by molar-refractivity contribution is 0.0684. The van der Waals surface area contributed by atoms with E-state index in [2.05, 4.69) is 42.9 Å². The average molecular weight is 466 g/mol. The summed E-state index contributed by atoms with van der Waals surface area (Å²) in [6.07, 6.45) is 8.96. The van der Waals surface area contributed by atoms with Crippen LogP contribution in [0.15, 0.2) is 18.5 Å². The first-order valence-corrected chi connectivity index (χ1v) is 12.8. The van der Waals surface area contributed by atoms with Gasteiger partial charge in [-0.1, -0.05) is 13.8 Å². The number of fused-ring (bicyclic) bond motifs is 3. The van der Waals surface area contributed by atoms with Crippen LogP contribution >= 0.6 is 0 Å². The van der Waals surface area contributed by atoms with E-state index in [9.17, 15) is 0 Å².